The maximum absolute atomic E-state index is 5.59. The highest BCUT2D eigenvalue weighted by Gasteiger charge is 2.25. The van der Waals surface area contributed by atoms with Gasteiger partial charge in [-0.2, -0.15) is 0 Å². The van der Waals surface area contributed by atoms with Crippen molar-refractivity contribution in [2.24, 2.45) is 4.99 Å². The molecule has 2 rings (SSSR count). The maximum atomic E-state index is 5.59. The third kappa shape index (κ3) is 9.56. The van der Waals surface area contributed by atoms with Crippen molar-refractivity contribution in [1.29, 1.82) is 0 Å². The van der Waals surface area contributed by atoms with Gasteiger partial charge < -0.3 is 15.4 Å². The van der Waals surface area contributed by atoms with Gasteiger partial charge in [-0.05, 0) is 52.5 Å². The van der Waals surface area contributed by atoms with Crippen LogP contribution in [0.5, 0.6) is 0 Å². The molecule has 0 saturated carbocycles. The lowest BCUT2D eigenvalue weighted by Gasteiger charge is -2.38. The monoisotopic (exact) mass is 502 g/mol. The molecule has 0 amide bonds. The third-order valence-electron chi connectivity index (χ3n) is 4.95. The summed E-state index contributed by atoms with van der Waals surface area (Å²) >= 11 is 0. The molecule has 0 radical (unpaired) electrons. The fourth-order valence-electron chi connectivity index (χ4n) is 3.49. The normalized spacial score (nSPS) is 20.7. The molecule has 6 heteroatoms. The van der Waals surface area contributed by atoms with E-state index in [1.54, 1.807) is 0 Å². The second-order valence-electron chi connectivity index (χ2n) is 7.70. The Hall–Kier alpha value is -0.860. The summed E-state index contributed by atoms with van der Waals surface area (Å²) < 4.78 is 5.59. The molecule has 1 aliphatic heterocycles. The number of likely N-dealkylation sites (tertiary alicyclic amines) is 1. The van der Waals surface area contributed by atoms with Gasteiger partial charge in [-0.3, -0.25) is 9.89 Å². The zero-order chi connectivity index (χ0) is 19.5. The molecule has 5 nitrogen and oxygen atoms in total. The molecule has 0 aromatic heterocycles. The first kappa shape index (κ1) is 25.2. The molecule has 1 fully saturated rings. The van der Waals surface area contributed by atoms with Crippen molar-refractivity contribution >= 4 is 29.9 Å². The molecule has 1 aromatic carbocycles. The molecular weight excluding hydrogens is 463 g/mol. The summed E-state index contributed by atoms with van der Waals surface area (Å²) in [6.45, 7) is 13.2. The molecule has 1 heterocycles. The fraction of sp³-hybridized carbons (Fsp3) is 0.682. The summed E-state index contributed by atoms with van der Waals surface area (Å²) in [6.07, 6.45) is 3.55. The summed E-state index contributed by atoms with van der Waals surface area (Å²) in [5.74, 6) is 0.941. The van der Waals surface area contributed by atoms with Crippen LogP contribution in [0.1, 0.15) is 52.5 Å². The Morgan fingerprint density at radius 3 is 2.68 bits per heavy atom. The predicted molar refractivity (Wildman–Crippen MR) is 130 cm³/mol. The third-order valence-corrected chi connectivity index (χ3v) is 4.95. The smallest absolute Gasteiger partial charge is 0.191 e. The highest BCUT2D eigenvalue weighted by atomic mass is 127. The standard InChI is InChI=1S/C22H38N4O.HI/c1-5-23-22(24-13-9-15-27-18(2)3)25-21-12-14-26(19(4)16-21)17-20-10-7-6-8-11-20;/h6-8,10-11,18-19,21H,5,9,12-17H2,1-4H3,(H2,23,24,25);1H. The first-order valence-electron chi connectivity index (χ1n) is 10.5. The van der Waals surface area contributed by atoms with Crippen molar-refractivity contribution in [1.82, 2.24) is 15.5 Å². The summed E-state index contributed by atoms with van der Waals surface area (Å²) in [5.41, 5.74) is 1.40. The van der Waals surface area contributed by atoms with Crippen LogP contribution in [0.4, 0.5) is 0 Å². The maximum Gasteiger partial charge on any atom is 0.191 e. The molecule has 2 unspecified atom stereocenters. The van der Waals surface area contributed by atoms with Crippen molar-refractivity contribution in [3.8, 4) is 0 Å². The van der Waals surface area contributed by atoms with E-state index < -0.39 is 0 Å². The highest BCUT2D eigenvalue weighted by molar-refractivity contribution is 14.0. The molecule has 160 valence electrons. The largest absolute Gasteiger partial charge is 0.379 e. The van der Waals surface area contributed by atoms with Crippen molar-refractivity contribution in [3.05, 3.63) is 35.9 Å². The SMILES string of the molecule is CCNC(=NCCCOC(C)C)NC1CCN(Cc2ccccc2)C(C)C1.I. The first-order chi connectivity index (χ1) is 13.1. The van der Waals surface area contributed by atoms with Gasteiger partial charge in [0.15, 0.2) is 5.96 Å². The zero-order valence-corrected chi connectivity index (χ0v) is 20.3. The summed E-state index contributed by atoms with van der Waals surface area (Å²) in [6, 6.07) is 11.8. The Kier molecular flexibility index (Phi) is 12.7. The van der Waals surface area contributed by atoms with Crippen LogP contribution in [0.25, 0.3) is 0 Å². The van der Waals surface area contributed by atoms with Gasteiger partial charge in [0.25, 0.3) is 0 Å². The number of guanidine groups is 1. The van der Waals surface area contributed by atoms with Crippen molar-refractivity contribution in [3.63, 3.8) is 0 Å². The summed E-state index contributed by atoms with van der Waals surface area (Å²) in [4.78, 5) is 7.30. The Balaban J connectivity index is 0.00000392. The Morgan fingerprint density at radius 1 is 1.29 bits per heavy atom. The van der Waals surface area contributed by atoms with Crippen LogP contribution < -0.4 is 10.6 Å². The topological polar surface area (TPSA) is 48.9 Å². The molecule has 1 aliphatic rings. The Bertz CT molecular complexity index is 553. The van der Waals surface area contributed by atoms with Gasteiger partial charge in [-0.1, -0.05) is 30.3 Å². The first-order valence-corrected chi connectivity index (χ1v) is 10.5. The van der Waals surface area contributed by atoms with Gasteiger partial charge in [-0.25, -0.2) is 0 Å². The van der Waals surface area contributed by atoms with Gasteiger partial charge in [0.05, 0.1) is 6.10 Å². The number of hydrogen-bond donors (Lipinski definition) is 2. The molecule has 0 aliphatic carbocycles. The fourth-order valence-corrected chi connectivity index (χ4v) is 3.49. The number of aliphatic imine (C=N–C) groups is 1. The van der Waals surface area contributed by atoms with Gasteiger partial charge in [0, 0.05) is 44.9 Å². The number of hydrogen-bond acceptors (Lipinski definition) is 3. The van der Waals surface area contributed by atoms with E-state index in [4.69, 9.17) is 9.73 Å². The van der Waals surface area contributed by atoms with Crippen LogP contribution in [0.2, 0.25) is 0 Å². The van der Waals surface area contributed by atoms with Crippen molar-refractivity contribution in [2.75, 3.05) is 26.2 Å². The number of piperidine rings is 1. The van der Waals surface area contributed by atoms with Gasteiger partial charge in [-0.15, -0.1) is 24.0 Å². The van der Waals surface area contributed by atoms with E-state index in [1.807, 2.05) is 0 Å². The number of nitrogens with zero attached hydrogens (tertiary/aromatic N) is 2. The van der Waals surface area contributed by atoms with E-state index in [0.29, 0.717) is 18.2 Å². The molecular formula is C22H39IN4O. The molecule has 28 heavy (non-hydrogen) atoms. The molecule has 0 bridgehead atoms. The predicted octanol–water partition coefficient (Wildman–Crippen LogP) is 4.03. The Labute approximate surface area is 188 Å². The van der Waals surface area contributed by atoms with Crippen LogP contribution >= 0.6 is 24.0 Å². The van der Waals surface area contributed by atoms with Crippen LogP contribution in [0.15, 0.2) is 35.3 Å². The summed E-state index contributed by atoms with van der Waals surface area (Å²) in [7, 11) is 0. The van der Waals surface area contributed by atoms with E-state index in [9.17, 15) is 0 Å². The van der Waals surface area contributed by atoms with E-state index in [1.165, 1.54) is 5.56 Å². The lowest BCUT2D eigenvalue weighted by atomic mass is 9.97. The zero-order valence-electron chi connectivity index (χ0n) is 18.0. The second-order valence-corrected chi connectivity index (χ2v) is 7.70. The van der Waals surface area contributed by atoms with E-state index in [2.05, 4.69) is 73.6 Å². The van der Waals surface area contributed by atoms with Crippen LogP contribution in [-0.4, -0.2) is 55.3 Å². The molecule has 1 aromatic rings. The van der Waals surface area contributed by atoms with Gasteiger partial charge in [0.1, 0.15) is 0 Å². The van der Waals surface area contributed by atoms with E-state index >= 15 is 0 Å². The Morgan fingerprint density at radius 2 is 2.04 bits per heavy atom. The highest BCUT2D eigenvalue weighted by Crippen LogP contribution is 2.19. The molecule has 0 spiro atoms. The number of nitrogens with one attached hydrogen (secondary N) is 2. The van der Waals surface area contributed by atoms with E-state index in [-0.39, 0.29) is 24.0 Å². The van der Waals surface area contributed by atoms with Gasteiger partial charge in [0.2, 0.25) is 0 Å². The van der Waals surface area contributed by atoms with Crippen LogP contribution in [0, 0.1) is 0 Å². The average Bonchev–Trinajstić information content (AvgIpc) is 2.64. The van der Waals surface area contributed by atoms with Crippen LogP contribution in [0.3, 0.4) is 0 Å². The second kappa shape index (κ2) is 14.2. The lowest BCUT2D eigenvalue weighted by molar-refractivity contribution is 0.0782. The minimum Gasteiger partial charge on any atom is -0.379 e. The average molecular weight is 502 g/mol. The number of benzene rings is 1. The number of halogens is 1. The molecule has 2 N–H and O–H groups in total. The quantitative estimate of drug-likeness (QED) is 0.232. The van der Waals surface area contributed by atoms with Crippen molar-refractivity contribution in [2.45, 2.75) is 71.7 Å². The van der Waals surface area contributed by atoms with Gasteiger partial charge >= 0.3 is 0 Å². The number of rotatable bonds is 9. The number of ether oxygens (including phenoxy) is 1. The molecule has 2 atom stereocenters. The lowest BCUT2D eigenvalue weighted by Crippen LogP contribution is -2.51. The minimum absolute atomic E-state index is 0. The van der Waals surface area contributed by atoms with Crippen molar-refractivity contribution < 1.29 is 4.74 Å². The van der Waals surface area contributed by atoms with Crippen LogP contribution in [-0.2, 0) is 11.3 Å². The summed E-state index contributed by atoms with van der Waals surface area (Å²) in [5, 5.41) is 7.02. The minimum atomic E-state index is 0. The van der Waals surface area contributed by atoms with E-state index in [0.717, 1.165) is 58.0 Å². The molecule has 1 saturated heterocycles.